The van der Waals surface area contributed by atoms with Crippen LogP contribution in [0, 0.1) is 0 Å². The number of aliphatic hydroxyl groups excluding tert-OH is 1. The van der Waals surface area contributed by atoms with Gasteiger partial charge < -0.3 is 15.3 Å². The highest BCUT2D eigenvalue weighted by Gasteiger charge is 2.10. The molecule has 0 radical (unpaired) electrons. The maximum Gasteiger partial charge on any atom is 0.0606 e. The normalized spacial score (nSPS) is 12.4. The van der Waals surface area contributed by atoms with E-state index in [0.717, 1.165) is 30.9 Å². The van der Waals surface area contributed by atoms with E-state index in [0.29, 0.717) is 12.6 Å². The standard InChI is InChI=1S/C14H25N3O/c1-4-13(15-5-2)14-8-7-12(11-16-14)17(6-3)9-10-18/h7-8,11,13,15,18H,4-6,9-10H2,1-3H3. The number of hydrogen-bond donors (Lipinski definition) is 2. The van der Waals surface area contributed by atoms with Gasteiger partial charge in [0.2, 0.25) is 0 Å². The van der Waals surface area contributed by atoms with E-state index in [1.165, 1.54) is 0 Å². The third-order valence-corrected chi connectivity index (χ3v) is 3.10. The molecule has 4 heteroatoms. The van der Waals surface area contributed by atoms with Crippen LogP contribution in [0.25, 0.3) is 0 Å². The van der Waals surface area contributed by atoms with Crippen LogP contribution in [0.5, 0.6) is 0 Å². The first-order valence-electron chi connectivity index (χ1n) is 6.81. The fourth-order valence-corrected chi connectivity index (χ4v) is 2.09. The van der Waals surface area contributed by atoms with E-state index >= 15 is 0 Å². The van der Waals surface area contributed by atoms with Gasteiger partial charge >= 0.3 is 0 Å². The number of rotatable bonds is 8. The van der Waals surface area contributed by atoms with Crippen molar-refractivity contribution in [3.05, 3.63) is 24.0 Å². The Bertz CT molecular complexity index is 293. The summed E-state index contributed by atoms with van der Waals surface area (Å²) in [6.07, 6.45) is 2.93. The predicted octanol–water partition coefficient (Wildman–Crippen LogP) is 1.96. The highest BCUT2D eigenvalue weighted by molar-refractivity contribution is 5.44. The molecule has 1 aromatic heterocycles. The average Bonchev–Trinajstić information content (AvgIpc) is 2.42. The van der Waals surface area contributed by atoms with Gasteiger partial charge in [-0.1, -0.05) is 13.8 Å². The second-order valence-electron chi connectivity index (χ2n) is 4.26. The lowest BCUT2D eigenvalue weighted by Crippen LogP contribution is -2.26. The zero-order valence-electron chi connectivity index (χ0n) is 11.7. The molecule has 0 saturated carbocycles. The molecule has 1 unspecified atom stereocenters. The third-order valence-electron chi connectivity index (χ3n) is 3.10. The van der Waals surface area contributed by atoms with Gasteiger partial charge in [-0.05, 0) is 32.0 Å². The molecular formula is C14H25N3O. The Morgan fingerprint density at radius 1 is 1.33 bits per heavy atom. The number of pyridine rings is 1. The Morgan fingerprint density at radius 3 is 2.56 bits per heavy atom. The first-order chi connectivity index (χ1) is 8.76. The molecule has 0 bridgehead atoms. The fourth-order valence-electron chi connectivity index (χ4n) is 2.09. The summed E-state index contributed by atoms with van der Waals surface area (Å²) in [7, 11) is 0. The van der Waals surface area contributed by atoms with E-state index in [9.17, 15) is 0 Å². The summed E-state index contributed by atoms with van der Waals surface area (Å²) in [5.41, 5.74) is 2.16. The lowest BCUT2D eigenvalue weighted by Gasteiger charge is -2.22. The zero-order chi connectivity index (χ0) is 13.4. The van der Waals surface area contributed by atoms with Gasteiger partial charge in [0, 0.05) is 19.1 Å². The lowest BCUT2D eigenvalue weighted by molar-refractivity contribution is 0.302. The van der Waals surface area contributed by atoms with Crippen LogP contribution in [0.1, 0.15) is 38.9 Å². The predicted molar refractivity (Wildman–Crippen MR) is 75.9 cm³/mol. The molecule has 102 valence electrons. The Hall–Kier alpha value is -1.13. The van der Waals surface area contributed by atoms with Gasteiger partial charge in [0.05, 0.1) is 24.2 Å². The highest BCUT2D eigenvalue weighted by atomic mass is 16.3. The molecule has 4 nitrogen and oxygen atoms in total. The number of nitrogens with one attached hydrogen (secondary N) is 1. The summed E-state index contributed by atoms with van der Waals surface area (Å²) in [6.45, 7) is 9.01. The summed E-state index contributed by atoms with van der Waals surface area (Å²) in [5, 5.41) is 12.4. The molecule has 18 heavy (non-hydrogen) atoms. The molecule has 0 aromatic carbocycles. The molecule has 0 aliphatic carbocycles. The van der Waals surface area contributed by atoms with E-state index < -0.39 is 0 Å². The summed E-state index contributed by atoms with van der Waals surface area (Å²) in [4.78, 5) is 6.65. The number of hydrogen-bond acceptors (Lipinski definition) is 4. The summed E-state index contributed by atoms with van der Waals surface area (Å²) < 4.78 is 0. The molecular weight excluding hydrogens is 226 g/mol. The molecule has 0 aliphatic rings. The van der Waals surface area contributed by atoms with Crippen LogP contribution in [0.3, 0.4) is 0 Å². The Labute approximate surface area is 110 Å². The Balaban J connectivity index is 2.77. The number of aliphatic hydroxyl groups is 1. The largest absolute Gasteiger partial charge is 0.395 e. The molecule has 1 heterocycles. The molecule has 0 fully saturated rings. The van der Waals surface area contributed by atoms with Crippen molar-refractivity contribution >= 4 is 5.69 Å². The van der Waals surface area contributed by atoms with Gasteiger partial charge in [-0.15, -0.1) is 0 Å². The molecule has 2 N–H and O–H groups in total. The minimum absolute atomic E-state index is 0.171. The minimum Gasteiger partial charge on any atom is -0.395 e. The molecule has 0 aliphatic heterocycles. The number of nitrogens with zero attached hydrogens (tertiary/aromatic N) is 2. The first kappa shape index (κ1) is 14.9. The van der Waals surface area contributed by atoms with Gasteiger partial charge in [-0.2, -0.15) is 0 Å². The average molecular weight is 251 g/mol. The minimum atomic E-state index is 0.171. The maximum absolute atomic E-state index is 9.01. The molecule has 1 rings (SSSR count). The smallest absolute Gasteiger partial charge is 0.0606 e. The van der Waals surface area contributed by atoms with Crippen molar-refractivity contribution in [2.75, 3.05) is 31.1 Å². The lowest BCUT2D eigenvalue weighted by atomic mass is 10.1. The van der Waals surface area contributed by atoms with Crippen molar-refractivity contribution in [2.24, 2.45) is 0 Å². The molecule has 0 spiro atoms. The van der Waals surface area contributed by atoms with Gasteiger partial charge in [0.1, 0.15) is 0 Å². The summed E-state index contributed by atoms with van der Waals surface area (Å²) >= 11 is 0. The number of likely N-dealkylation sites (N-methyl/N-ethyl adjacent to an activating group) is 1. The van der Waals surface area contributed by atoms with Gasteiger partial charge in [0.25, 0.3) is 0 Å². The van der Waals surface area contributed by atoms with Gasteiger partial charge in [0.15, 0.2) is 0 Å². The SMILES string of the molecule is CCNC(CC)c1ccc(N(CC)CCO)cn1. The third kappa shape index (κ3) is 3.96. The van der Waals surface area contributed by atoms with E-state index in [4.69, 9.17) is 5.11 Å². The van der Waals surface area contributed by atoms with Crippen LogP contribution < -0.4 is 10.2 Å². The van der Waals surface area contributed by atoms with Crippen LogP contribution in [0.4, 0.5) is 5.69 Å². The van der Waals surface area contributed by atoms with Gasteiger partial charge in [-0.3, -0.25) is 4.98 Å². The first-order valence-corrected chi connectivity index (χ1v) is 6.81. The number of anilines is 1. The molecule has 1 aromatic rings. The van der Waals surface area contributed by atoms with Crippen LogP contribution in [0.15, 0.2) is 18.3 Å². The van der Waals surface area contributed by atoms with E-state index in [-0.39, 0.29) is 6.61 Å². The van der Waals surface area contributed by atoms with E-state index in [2.05, 4.69) is 48.1 Å². The summed E-state index contributed by atoms with van der Waals surface area (Å²) in [5.74, 6) is 0. The fraction of sp³-hybridized carbons (Fsp3) is 0.643. The highest BCUT2D eigenvalue weighted by Crippen LogP contribution is 2.18. The van der Waals surface area contributed by atoms with E-state index in [1.54, 1.807) is 0 Å². The van der Waals surface area contributed by atoms with Crippen LogP contribution in [0.2, 0.25) is 0 Å². The van der Waals surface area contributed by atoms with Crippen LogP contribution in [-0.4, -0.2) is 36.3 Å². The zero-order valence-corrected chi connectivity index (χ0v) is 11.7. The van der Waals surface area contributed by atoms with Crippen molar-refractivity contribution in [1.29, 1.82) is 0 Å². The second kappa shape index (κ2) is 8.06. The van der Waals surface area contributed by atoms with Gasteiger partial charge in [-0.25, -0.2) is 0 Å². The molecule has 0 saturated heterocycles. The van der Waals surface area contributed by atoms with Crippen molar-refractivity contribution in [1.82, 2.24) is 10.3 Å². The van der Waals surface area contributed by atoms with E-state index in [1.807, 2.05) is 6.20 Å². The van der Waals surface area contributed by atoms with Crippen molar-refractivity contribution in [2.45, 2.75) is 33.2 Å². The van der Waals surface area contributed by atoms with Crippen molar-refractivity contribution < 1.29 is 5.11 Å². The second-order valence-corrected chi connectivity index (χ2v) is 4.26. The number of aromatic nitrogens is 1. The topological polar surface area (TPSA) is 48.4 Å². The summed E-state index contributed by atoms with van der Waals surface area (Å²) in [6, 6.07) is 4.49. The van der Waals surface area contributed by atoms with Crippen LogP contribution in [-0.2, 0) is 0 Å². The van der Waals surface area contributed by atoms with Crippen molar-refractivity contribution in [3.8, 4) is 0 Å². The van der Waals surface area contributed by atoms with Crippen LogP contribution >= 0.6 is 0 Å². The molecule has 1 atom stereocenters. The van der Waals surface area contributed by atoms with Crippen molar-refractivity contribution in [3.63, 3.8) is 0 Å². The quantitative estimate of drug-likeness (QED) is 0.741. The Kier molecular flexibility index (Phi) is 6.68. The maximum atomic E-state index is 9.01. The monoisotopic (exact) mass is 251 g/mol. The Morgan fingerprint density at radius 2 is 2.11 bits per heavy atom. The molecule has 0 amide bonds.